The van der Waals surface area contributed by atoms with Crippen molar-refractivity contribution in [2.75, 3.05) is 14.1 Å². The summed E-state index contributed by atoms with van der Waals surface area (Å²) < 4.78 is 0. The Balaban J connectivity index is 1.91. The van der Waals surface area contributed by atoms with E-state index in [1.807, 2.05) is 18.0 Å². The summed E-state index contributed by atoms with van der Waals surface area (Å²) in [5, 5.41) is 12.4. The van der Waals surface area contributed by atoms with E-state index in [0.717, 1.165) is 5.70 Å². The molecule has 0 aliphatic heterocycles. The summed E-state index contributed by atoms with van der Waals surface area (Å²) in [6.45, 7) is 0. The molecule has 1 fully saturated rings. The molecule has 5 nitrogen and oxygen atoms in total. The summed E-state index contributed by atoms with van der Waals surface area (Å²) in [7, 11) is 3.42. The lowest BCUT2D eigenvalue weighted by atomic mass is 10.2. The van der Waals surface area contributed by atoms with Gasteiger partial charge in [0, 0.05) is 12.7 Å². The highest BCUT2D eigenvalue weighted by atomic mass is 35.5. The Kier molecular flexibility index (Phi) is 2.67. The molecular formula is C10H14ClN3O2. The maximum atomic E-state index is 11.1. The van der Waals surface area contributed by atoms with Crippen molar-refractivity contribution in [3.8, 4) is 0 Å². The molecule has 2 N–H and O–H groups in total. The van der Waals surface area contributed by atoms with Gasteiger partial charge in [0.1, 0.15) is 5.54 Å². The molecule has 16 heavy (non-hydrogen) atoms. The van der Waals surface area contributed by atoms with Crippen LogP contribution in [0.4, 0.5) is 0 Å². The van der Waals surface area contributed by atoms with E-state index in [9.17, 15) is 4.79 Å². The molecule has 6 heteroatoms. The Morgan fingerprint density at radius 1 is 1.75 bits per heavy atom. The van der Waals surface area contributed by atoms with Crippen LogP contribution in [0.3, 0.4) is 0 Å². The third-order valence-corrected chi connectivity index (χ3v) is 3.47. The number of nitrogens with one attached hydrogen (secondary N) is 1. The molecule has 0 radical (unpaired) electrons. The fourth-order valence-corrected chi connectivity index (χ4v) is 1.94. The highest BCUT2D eigenvalue weighted by Crippen LogP contribution is 2.45. The first kappa shape index (κ1) is 11.4. The zero-order valence-electron chi connectivity index (χ0n) is 9.20. The molecule has 0 saturated heterocycles. The standard InChI is InChI=1S/C10H14ClN3O2/c1-12-9(11)13-6-5-7(6)14(2)10(3-4-10)8(15)16/h5,7H,3-4H2,1-2H3,(H,12,13)(H,15,16). The van der Waals surface area contributed by atoms with Gasteiger partial charge in [-0.15, -0.1) is 0 Å². The third kappa shape index (κ3) is 1.81. The Morgan fingerprint density at radius 2 is 2.38 bits per heavy atom. The van der Waals surface area contributed by atoms with Gasteiger partial charge >= 0.3 is 5.97 Å². The molecule has 1 saturated carbocycles. The lowest BCUT2D eigenvalue weighted by Gasteiger charge is -2.24. The van der Waals surface area contributed by atoms with Crippen molar-refractivity contribution >= 4 is 22.9 Å². The molecule has 0 bridgehead atoms. The minimum atomic E-state index is -0.745. The number of aliphatic carboxylic acids is 1. The van der Waals surface area contributed by atoms with Gasteiger partial charge in [0.15, 0.2) is 5.29 Å². The molecule has 2 aliphatic carbocycles. The average Bonchev–Trinajstić information content (AvgIpc) is 3.11. The lowest BCUT2D eigenvalue weighted by molar-refractivity contribution is -0.144. The van der Waals surface area contributed by atoms with E-state index in [4.69, 9.17) is 16.7 Å². The van der Waals surface area contributed by atoms with Crippen LogP contribution in [0.15, 0.2) is 16.8 Å². The van der Waals surface area contributed by atoms with Gasteiger partial charge in [-0.05, 0) is 37.6 Å². The molecule has 0 aromatic heterocycles. The highest BCUT2D eigenvalue weighted by molar-refractivity contribution is 6.64. The molecule has 0 aromatic carbocycles. The van der Waals surface area contributed by atoms with Crippen LogP contribution in [0, 0.1) is 0 Å². The van der Waals surface area contributed by atoms with Crippen LogP contribution in [-0.4, -0.2) is 46.9 Å². The fraction of sp³-hybridized carbons (Fsp3) is 0.600. The SMILES string of the molecule is CN=C(Cl)NC1=CC1N(C)C1(C(=O)O)CC1. The molecule has 2 rings (SSSR count). The van der Waals surface area contributed by atoms with Crippen molar-refractivity contribution in [3.05, 3.63) is 11.8 Å². The molecule has 88 valence electrons. The summed E-state index contributed by atoms with van der Waals surface area (Å²) in [6, 6.07) is 0.0501. The molecule has 1 unspecified atom stereocenters. The van der Waals surface area contributed by atoms with E-state index in [0.29, 0.717) is 18.1 Å². The number of halogens is 1. The summed E-state index contributed by atoms with van der Waals surface area (Å²) in [4.78, 5) is 16.8. The highest BCUT2D eigenvalue weighted by Gasteiger charge is 2.57. The molecule has 1 atom stereocenters. The van der Waals surface area contributed by atoms with Crippen LogP contribution >= 0.6 is 11.6 Å². The van der Waals surface area contributed by atoms with Gasteiger partial charge in [-0.3, -0.25) is 14.7 Å². The van der Waals surface area contributed by atoms with Gasteiger partial charge in [0.25, 0.3) is 0 Å². The normalized spacial score (nSPS) is 26.4. The van der Waals surface area contributed by atoms with Crippen molar-refractivity contribution in [2.24, 2.45) is 4.99 Å². The predicted octanol–water partition coefficient (Wildman–Crippen LogP) is 0.616. The largest absolute Gasteiger partial charge is 0.480 e. The van der Waals surface area contributed by atoms with Gasteiger partial charge < -0.3 is 10.4 Å². The number of likely N-dealkylation sites (N-methyl/N-ethyl adjacent to an activating group) is 1. The Labute approximate surface area is 98.8 Å². The van der Waals surface area contributed by atoms with Crippen molar-refractivity contribution in [2.45, 2.75) is 24.4 Å². The minimum absolute atomic E-state index is 0.0501. The van der Waals surface area contributed by atoms with Crippen LogP contribution in [0.2, 0.25) is 0 Å². The van der Waals surface area contributed by atoms with E-state index in [1.54, 1.807) is 7.05 Å². The monoisotopic (exact) mass is 243 g/mol. The van der Waals surface area contributed by atoms with Crippen LogP contribution in [0.25, 0.3) is 0 Å². The molecule has 0 heterocycles. The van der Waals surface area contributed by atoms with Gasteiger partial charge in [-0.25, -0.2) is 0 Å². The van der Waals surface area contributed by atoms with Crippen LogP contribution < -0.4 is 5.32 Å². The summed E-state index contributed by atoms with van der Waals surface area (Å²) >= 11 is 5.73. The molecule has 0 amide bonds. The van der Waals surface area contributed by atoms with Crippen LogP contribution in [0.5, 0.6) is 0 Å². The maximum absolute atomic E-state index is 11.1. The summed E-state index contributed by atoms with van der Waals surface area (Å²) in [6.07, 6.45) is 3.37. The Bertz CT molecular complexity index is 388. The average molecular weight is 244 g/mol. The number of hydrogen-bond donors (Lipinski definition) is 2. The van der Waals surface area contributed by atoms with Crippen molar-refractivity contribution in [1.29, 1.82) is 0 Å². The second-order valence-electron chi connectivity index (χ2n) is 4.15. The first-order valence-electron chi connectivity index (χ1n) is 5.08. The molecule has 2 aliphatic rings. The first-order chi connectivity index (χ1) is 7.51. The second-order valence-corrected chi connectivity index (χ2v) is 4.51. The number of carbonyl (C=O) groups is 1. The molecule has 0 aromatic rings. The van der Waals surface area contributed by atoms with E-state index in [2.05, 4.69) is 10.3 Å². The number of nitrogens with zero attached hydrogens (tertiary/aromatic N) is 2. The maximum Gasteiger partial charge on any atom is 0.324 e. The summed E-state index contributed by atoms with van der Waals surface area (Å²) in [5.41, 5.74) is 0.256. The number of hydrogen-bond acceptors (Lipinski definition) is 3. The lowest BCUT2D eigenvalue weighted by Crippen LogP contribution is -2.44. The van der Waals surface area contributed by atoms with E-state index < -0.39 is 11.5 Å². The zero-order valence-corrected chi connectivity index (χ0v) is 9.95. The van der Waals surface area contributed by atoms with Crippen LogP contribution in [0.1, 0.15) is 12.8 Å². The molecule has 0 spiro atoms. The van der Waals surface area contributed by atoms with Crippen molar-refractivity contribution in [3.63, 3.8) is 0 Å². The number of carboxylic acids is 1. The number of aliphatic imine (C=N–C) groups is 1. The quantitative estimate of drug-likeness (QED) is 0.432. The van der Waals surface area contributed by atoms with Crippen LogP contribution in [-0.2, 0) is 4.79 Å². The first-order valence-corrected chi connectivity index (χ1v) is 5.46. The second kappa shape index (κ2) is 3.75. The van der Waals surface area contributed by atoms with Gasteiger partial charge in [-0.1, -0.05) is 0 Å². The summed E-state index contributed by atoms with van der Waals surface area (Å²) in [5.74, 6) is -0.745. The zero-order chi connectivity index (χ0) is 11.9. The van der Waals surface area contributed by atoms with E-state index in [1.165, 1.54) is 0 Å². The topological polar surface area (TPSA) is 64.9 Å². The number of rotatable bonds is 4. The fourth-order valence-electron chi connectivity index (χ4n) is 1.84. The van der Waals surface area contributed by atoms with Crippen molar-refractivity contribution in [1.82, 2.24) is 10.2 Å². The Hall–Kier alpha value is -1.07. The predicted molar refractivity (Wildman–Crippen MR) is 61.6 cm³/mol. The van der Waals surface area contributed by atoms with Gasteiger partial charge in [0.05, 0.1) is 6.04 Å². The number of carboxylic acid groups (broad SMARTS) is 1. The minimum Gasteiger partial charge on any atom is -0.480 e. The Morgan fingerprint density at radius 3 is 2.81 bits per heavy atom. The molecular weight excluding hydrogens is 230 g/mol. The van der Waals surface area contributed by atoms with Gasteiger partial charge in [-0.2, -0.15) is 0 Å². The smallest absolute Gasteiger partial charge is 0.324 e. The third-order valence-electron chi connectivity index (χ3n) is 3.20. The van der Waals surface area contributed by atoms with E-state index in [-0.39, 0.29) is 6.04 Å². The van der Waals surface area contributed by atoms with E-state index >= 15 is 0 Å². The van der Waals surface area contributed by atoms with Gasteiger partial charge in [0.2, 0.25) is 0 Å². The number of amidine groups is 1. The van der Waals surface area contributed by atoms with Crippen molar-refractivity contribution < 1.29 is 9.90 Å².